The van der Waals surface area contributed by atoms with E-state index in [0.29, 0.717) is 6.04 Å². The molecule has 0 heterocycles. The smallest absolute Gasteiger partial charge is 0.0334 e. The van der Waals surface area contributed by atoms with Gasteiger partial charge in [-0.05, 0) is 43.9 Å². The molecule has 1 atom stereocenters. The molecule has 0 aliphatic heterocycles. The monoisotopic (exact) mass is 309 g/mol. The number of hydrogen-bond donors (Lipinski definition) is 1. The average molecular weight is 310 g/mol. The number of halogens is 1. The number of rotatable bonds is 6. The first-order valence-corrected chi connectivity index (χ1v) is 7.99. The second-order valence-corrected chi connectivity index (χ2v) is 6.42. The first-order chi connectivity index (χ1) is 8.70. The lowest BCUT2D eigenvalue weighted by Gasteiger charge is -2.31. The van der Waals surface area contributed by atoms with Crippen LogP contribution in [-0.4, -0.2) is 6.54 Å². The maximum absolute atomic E-state index is 3.72. The quantitative estimate of drug-likeness (QED) is 0.780. The van der Waals surface area contributed by atoms with Crippen LogP contribution in [0, 0.1) is 12.8 Å². The molecule has 1 fully saturated rings. The lowest BCUT2D eigenvalue weighted by atomic mass is 9.79. The molecule has 1 nitrogen and oxygen atoms in total. The Morgan fingerprint density at radius 3 is 2.78 bits per heavy atom. The van der Waals surface area contributed by atoms with E-state index in [2.05, 4.69) is 53.3 Å². The highest BCUT2D eigenvalue weighted by molar-refractivity contribution is 9.10. The van der Waals surface area contributed by atoms with Crippen LogP contribution in [0.1, 0.15) is 56.2 Å². The van der Waals surface area contributed by atoms with E-state index < -0.39 is 0 Å². The van der Waals surface area contributed by atoms with E-state index in [-0.39, 0.29) is 0 Å². The molecule has 0 amide bonds. The highest BCUT2D eigenvalue weighted by Crippen LogP contribution is 2.36. The van der Waals surface area contributed by atoms with Crippen molar-refractivity contribution < 1.29 is 0 Å². The van der Waals surface area contributed by atoms with Crippen LogP contribution in [0.25, 0.3) is 0 Å². The maximum Gasteiger partial charge on any atom is 0.0334 e. The van der Waals surface area contributed by atoms with Gasteiger partial charge in [-0.15, -0.1) is 0 Å². The van der Waals surface area contributed by atoms with Gasteiger partial charge in [0, 0.05) is 10.5 Å². The second-order valence-electron chi connectivity index (χ2n) is 5.56. The van der Waals surface area contributed by atoms with Crippen LogP contribution in [0.15, 0.2) is 22.7 Å². The van der Waals surface area contributed by atoms with Gasteiger partial charge in [0.1, 0.15) is 0 Å². The molecule has 1 aliphatic carbocycles. The molecule has 2 heteroatoms. The molecule has 1 aromatic rings. The van der Waals surface area contributed by atoms with Gasteiger partial charge in [-0.1, -0.05) is 59.8 Å². The number of nitrogens with one attached hydrogen (secondary N) is 1. The van der Waals surface area contributed by atoms with Gasteiger partial charge in [0.15, 0.2) is 0 Å². The zero-order chi connectivity index (χ0) is 13.0. The van der Waals surface area contributed by atoms with E-state index >= 15 is 0 Å². The van der Waals surface area contributed by atoms with Crippen molar-refractivity contribution in [3.05, 3.63) is 33.8 Å². The molecule has 1 aliphatic rings. The van der Waals surface area contributed by atoms with Crippen LogP contribution in [-0.2, 0) is 0 Å². The van der Waals surface area contributed by atoms with Crippen LogP contribution >= 0.6 is 15.9 Å². The Morgan fingerprint density at radius 1 is 1.39 bits per heavy atom. The van der Waals surface area contributed by atoms with Gasteiger partial charge in [0.25, 0.3) is 0 Å². The van der Waals surface area contributed by atoms with E-state index in [1.165, 1.54) is 47.7 Å². The first-order valence-electron chi connectivity index (χ1n) is 7.20. The largest absolute Gasteiger partial charge is 0.310 e. The van der Waals surface area contributed by atoms with Crippen molar-refractivity contribution in [3.8, 4) is 0 Å². The molecule has 100 valence electrons. The van der Waals surface area contributed by atoms with Gasteiger partial charge in [-0.2, -0.15) is 0 Å². The number of aryl methyl sites for hydroxylation is 1. The van der Waals surface area contributed by atoms with Gasteiger partial charge in [0.05, 0.1) is 0 Å². The van der Waals surface area contributed by atoms with E-state index in [1.807, 2.05) is 0 Å². The van der Waals surface area contributed by atoms with Crippen LogP contribution in [0.5, 0.6) is 0 Å². The predicted molar refractivity (Wildman–Crippen MR) is 81.9 cm³/mol. The summed E-state index contributed by atoms with van der Waals surface area (Å²) < 4.78 is 1.25. The second kappa shape index (κ2) is 6.72. The van der Waals surface area contributed by atoms with E-state index in [0.717, 1.165) is 12.5 Å². The number of hydrogen-bond acceptors (Lipinski definition) is 1. The molecule has 0 saturated heterocycles. The summed E-state index contributed by atoms with van der Waals surface area (Å²) in [6.45, 7) is 5.52. The van der Waals surface area contributed by atoms with Gasteiger partial charge in [0.2, 0.25) is 0 Å². The van der Waals surface area contributed by atoms with Crippen molar-refractivity contribution >= 4 is 15.9 Å². The van der Waals surface area contributed by atoms with Gasteiger partial charge >= 0.3 is 0 Å². The Balaban J connectivity index is 2.11. The molecule has 0 bridgehead atoms. The Hall–Kier alpha value is -0.340. The fourth-order valence-electron chi connectivity index (χ4n) is 2.63. The first kappa shape index (κ1) is 14.1. The van der Waals surface area contributed by atoms with E-state index in [1.54, 1.807) is 0 Å². The van der Waals surface area contributed by atoms with Crippen LogP contribution < -0.4 is 5.32 Å². The van der Waals surface area contributed by atoms with Crippen molar-refractivity contribution in [1.82, 2.24) is 5.32 Å². The van der Waals surface area contributed by atoms with Crippen LogP contribution in [0.3, 0.4) is 0 Å². The normalized spacial score (nSPS) is 17.5. The van der Waals surface area contributed by atoms with Crippen molar-refractivity contribution in [2.45, 2.75) is 52.0 Å². The minimum absolute atomic E-state index is 0.518. The number of benzene rings is 1. The van der Waals surface area contributed by atoms with E-state index in [4.69, 9.17) is 0 Å². The summed E-state index contributed by atoms with van der Waals surface area (Å²) in [7, 11) is 0. The van der Waals surface area contributed by atoms with Crippen LogP contribution in [0.4, 0.5) is 0 Å². The summed E-state index contributed by atoms with van der Waals surface area (Å²) in [5, 5.41) is 3.72. The highest BCUT2D eigenvalue weighted by atomic mass is 79.9. The summed E-state index contributed by atoms with van der Waals surface area (Å²) in [4.78, 5) is 0. The zero-order valence-corrected chi connectivity index (χ0v) is 13.1. The summed E-state index contributed by atoms with van der Waals surface area (Å²) in [6.07, 6.45) is 6.77. The van der Waals surface area contributed by atoms with Crippen molar-refractivity contribution in [2.75, 3.05) is 6.54 Å². The van der Waals surface area contributed by atoms with Gasteiger partial charge in [-0.25, -0.2) is 0 Å². The SMILES string of the molecule is CCCNC(CC1CCC1)c1cc(C)ccc1Br. The minimum Gasteiger partial charge on any atom is -0.310 e. The summed E-state index contributed by atoms with van der Waals surface area (Å²) in [5.74, 6) is 0.937. The molecular formula is C16H24BrN. The summed E-state index contributed by atoms with van der Waals surface area (Å²) in [6, 6.07) is 7.21. The maximum atomic E-state index is 3.72. The molecule has 1 saturated carbocycles. The van der Waals surface area contributed by atoms with Crippen molar-refractivity contribution in [3.63, 3.8) is 0 Å². The molecular weight excluding hydrogens is 286 g/mol. The third-order valence-electron chi connectivity index (χ3n) is 3.96. The highest BCUT2D eigenvalue weighted by Gasteiger charge is 2.23. The average Bonchev–Trinajstić information content (AvgIpc) is 2.31. The lowest BCUT2D eigenvalue weighted by Crippen LogP contribution is -2.27. The molecule has 18 heavy (non-hydrogen) atoms. The van der Waals surface area contributed by atoms with Crippen molar-refractivity contribution in [2.24, 2.45) is 5.92 Å². The van der Waals surface area contributed by atoms with Crippen LogP contribution in [0.2, 0.25) is 0 Å². The fourth-order valence-corrected chi connectivity index (χ4v) is 3.15. The Labute approximate surface area is 119 Å². The summed E-state index contributed by atoms with van der Waals surface area (Å²) in [5.41, 5.74) is 2.79. The van der Waals surface area contributed by atoms with Crippen molar-refractivity contribution in [1.29, 1.82) is 0 Å². The third kappa shape index (κ3) is 3.58. The zero-order valence-electron chi connectivity index (χ0n) is 11.5. The lowest BCUT2D eigenvalue weighted by molar-refractivity contribution is 0.261. The minimum atomic E-state index is 0.518. The molecule has 0 aromatic heterocycles. The summed E-state index contributed by atoms with van der Waals surface area (Å²) >= 11 is 3.71. The third-order valence-corrected chi connectivity index (χ3v) is 4.68. The van der Waals surface area contributed by atoms with Gasteiger partial charge < -0.3 is 5.32 Å². The Kier molecular flexibility index (Phi) is 5.25. The Morgan fingerprint density at radius 2 is 2.17 bits per heavy atom. The predicted octanol–water partition coefficient (Wildman–Crippen LogP) is 4.99. The van der Waals surface area contributed by atoms with Gasteiger partial charge in [-0.3, -0.25) is 0 Å². The molecule has 0 radical (unpaired) electrons. The molecule has 0 spiro atoms. The molecule has 2 rings (SSSR count). The molecule has 1 aromatic carbocycles. The standard InChI is InChI=1S/C16H24BrN/c1-3-9-18-16(11-13-5-4-6-13)14-10-12(2)7-8-15(14)17/h7-8,10,13,16,18H,3-6,9,11H2,1-2H3. The topological polar surface area (TPSA) is 12.0 Å². The Bertz CT molecular complexity index is 385. The van der Waals surface area contributed by atoms with E-state index in [9.17, 15) is 0 Å². The molecule has 1 unspecified atom stereocenters. The fraction of sp³-hybridized carbons (Fsp3) is 0.625. The molecule has 1 N–H and O–H groups in total.